The molecule has 0 aliphatic heterocycles. The molecule has 8 nitrogen and oxygen atoms in total. The van der Waals surface area contributed by atoms with Crippen LogP contribution in [0.3, 0.4) is 0 Å². The molecule has 1 N–H and O–H groups in total. The van der Waals surface area contributed by atoms with Crippen LogP contribution in [0.5, 0.6) is 0 Å². The Bertz CT molecular complexity index is 1550. The molecule has 0 unspecified atom stereocenters. The van der Waals surface area contributed by atoms with Gasteiger partial charge in [0.2, 0.25) is 0 Å². The predicted molar refractivity (Wildman–Crippen MR) is 213 cm³/mol. The van der Waals surface area contributed by atoms with Crippen molar-refractivity contribution >= 4 is 34.4 Å². The normalized spacial score (nSPS) is 35.3. The highest BCUT2D eigenvalue weighted by atomic mass is 28.4. The summed E-state index contributed by atoms with van der Waals surface area (Å²) >= 11 is 0. The van der Waals surface area contributed by atoms with Crippen LogP contribution in [0, 0.1) is 28.6 Å². The lowest BCUT2D eigenvalue weighted by Crippen LogP contribution is -2.78. The second kappa shape index (κ2) is 15.1. The molecule has 2 bridgehead atoms. The van der Waals surface area contributed by atoms with E-state index in [9.17, 15) is 14.7 Å². The van der Waals surface area contributed by atoms with Gasteiger partial charge in [-0.3, -0.25) is 9.59 Å². The minimum Gasteiger partial charge on any atom is -0.458 e. The summed E-state index contributed by atoms with van der Waals surface area (Å²) in [7, 11) is -4.52. The molecule has 296 valence electrons. The Kier molecular flexibility index (Phi) is 12.0. The van der Waals surface area contributed by atoms with Gasteiger partial charge in [-0.2, -0.15) is 0 Å². The molecule has 0 saturated heterocycles. The maximum absolute atomic E-state index is 15.9. The Balaban J connectivity index is 1.86. The van der Waals surface area contributed by atoms with Gasteiger partial charge >= 0.3 is 11.9 Å². The van der Waals surface area contributed by atoms with E-state index in [2.05, 4.69) is 48.5 Å². The number of Topliss-reactive ketones (excluding diaryl/α,β-unsaturated/α-hetero) is 1. The van der Waals surface area contributed by atoms with Crippen molar-refractivity contribution in [2.75, 3.05) is 0 Å². The largest absolute Gasteiger partial charge is 0.458 e. The van der Waals surface area contributed by atoms with Gasteiger partial charge in [-0.15, -0.1) is 0 Å². The average molecular weight is 769 g/mol. The van der Waals surface area contributed by atoms with E-state index in [0.29, 0.717) is 18.4 Å². The van der Waals surface area contributed by atoms with Crippen molar-refractivity contribution in [2.45, 2.75) is 175 Å². The number of carbonyl (C=O) groups excluding carboxylic acids is 3. The van der Waals surface area contributed by atoms with Gasteiger partial charge in [-0.1, -0.05) is 80.5 Å². The number of carbonyl (C=O) groups is 3. The number of ether oxygens (including phenoxy) is 2. The van der Waals surface area contributed by atoms with Gasteiger partial charge in [0.05, 0.1) is 29.1 Å². The molecule has 4 aliphatic rings. The predicted octanol–water partition coefficient (Wildman–Crippen LogP) is 9.43. The molecule has 0 radical (unpaired) electrons. The Morgan fingerprint density at radius 1 is 0.887 bits per heavy atom. The maximum Gasteiger partial charge on any atom is 0.338 e. The van der Waals surface area contributed by atoms with E-state index in [1.807, 2.05) is 33.8 Å². The molecule has 0 amide bonds. The van der Waals surface area contributed by atoms with Crippen molar-refractivity contribution in [3.05, 3.63) is 47.0 Å². The van der Waals surface area contributed by atoms with Gasteiger partial charge in [0, 0.05) is 30.6 Å². The van der Waals surface area contributed by atoms with E-state index < -0.39 is 80.8 Å². The number of hydrogen-bond acceptors (Lipinski definition) is 8. The number of aliphatic hydroxyl groups is 1. The second-order valence-corrected chi connectivity index (χ2v) is 27.1. The highest BCUT2D eigenvalue weighted by Crippen LogP contribution is 2.68. The lowest BCUT2D eigenvalue weighted by Gasteiger charge is -2.69. The van der Waals surface area contributed by atoms with Gasteiger partial charge in [0.25, 0.3) is 0 Å². The Hall–Kier alpha value is -2.12. The monoisotopic (exact) mass is 768 g/mol. The Labute approximate surface area is 321 Å². The fourth-order valence-corrected chi connectivity index (χ4v) is 17.4. The minimum atomic E-state index is -2.30. The zero-order valence-corrected chi connectivity index (χ0v) is 36.7. The smallest absolute Gasteiger partial charge is 0.338 e. The van der Waals surface area contributed by atoms with Crippen LogP contribution < -0.4 is 0 Å². The van der Waals surface area contributed by atoms with Gasteiger partial charge < -0.3 is 23.4 Å². The van der Waals surface area contributed by atoms with Gasteiger partial charge in [-0.25, -0.2) is 4.79 Å². The van der Waals surface area contributed by atoms with Crippen molar-refractivity contribution < 1.29 is 37.8 Å². The highest BCUT2D eigenvalue weighted by Gasteiger charge is 2.77. The molecule has 0 aromatic heterocycles. The molecule has 4 aliphatic carbocycles. The van der Waals surface area contributed by atoms with Crippen molar-refractivity contribution in [1.82, 2.24) is 0 Å². The molecular weight excluding hydrogens is 701 g/mol. The van der Waals surface area contributed by atoms with Crippen molar-refractivity contribution in [3.63, 3.8) is 0 Å². The highest BCUT2D eigenvalue weighted by molar-refractivity contribution is 6.74. The topological polar surface area (TPSA) is 108 Å². The Morgan fingerprint density at radius 2 is 1.43 bits per heavy atom. The second-order valence-electron chi connectivity index (χ2n) is 17.6. The van der Waals surface area contributed by atoms with Crippen LogP contribution in [0.25, 0.3) is 0 Å². The average Bonchev–Trinajstić information content (AvgIpc) is 3.13. The molecule has 53 heavy (non-hydrogen) atoms. The zero-order valence-electron chi connectivity index (χ0n) is 34.7. The standard InChI is InChI=1S/C43H68O8Si2/c1-13-52(14-2,15-3)50-33-27-43(47)38(48-39(46)31-22-20-19-21-23-31)36-41(12,37(45)29(8)35(28(33)7)40(43,10)11)34(51-53(16-4,17-5)18-6)26-32-24-25-42(32,36)49-30(9)44/h19-23,29,32-34,36,38,47H,13-18,24-27H2,1-12H3/t29-,32-,33+,34+,36+,38+,41-,42+,43-/m1/s1. The van der Waals surface area contributed by atoms with E-state index in [1.165, 1.54) is 6.92 Å². The molecule has 5 rings (SSSR count). The van der Waals surface area contributed by atoms with Gasteiger partial charge in [-0.05, 0) is 92.7 Å². The van der Waals surface area contributed by atoms with Crippen LogP contribution in [0.2, 0.25) is 36.3 Å². The van der Waals surface area contributed by atoms with E-state index in [0.717, 1.165) is 53.8 Å². The van der Waals surface area contributed by atoms with Crippen LogP contribution in [-0.4, -0.2) is 69.0 Å². The molecule has 1 aromatic carbocycles. The lowest BCUT2D eigenvalue weighted by molar-refractivity contribution is -0.293. The lowest BCUT2D eigenvalue weighted by atomic mass is 9.40. The van der Waals surface area contributed by atoms with Crippen LogP contribution in [-0.2, 0) is 27.9 Å². The summed E-state index contributed by atoms with van der Waals surface area (Å²) in [4.78, 5) is 43.6. The van der Waals surface area contributed by atoms with Gasteiger partial charge in [0.1, 0.15) is 23.1 Å². The van der Waals surface area contributed by atoms with Crippen LogP contribution in [0.15, 0.2) is 41.5 Å². The summed E-state index contributed by atoms with van der Waals surface area (Å²) in [6.45, 7) is 24.6. The van der Waals surface area contributed by atoms with Crippen molar-refractivity contribution in [2.24, 2.45) is 28.6 Å². The third kappa shape index (κ3) is 6.48. The first-order chi connectivity index (χ1) is 24.9. The summed E-state index contributed by atoms with van der Waals surface area (Å²) in [5.41, 5.74) is -2.89. The first-order valence-corrected chi connectivity index (χ1v) is 25.7. The third-order valence-electron chi connectivity index (χ3n) is 15.4. The third-order valence-corrected chi connectivity index (χ3v) is 24.7. The molecular formula is C43H68O8Si2. The maximum atomic E-state index is 15.9. The summed E-state index contributed by atoms with van der Waals surface area (Å²) < 4.78 is 28.0. The fourth-order valence-electron chi connectivity index (χ4n) is 11.6. The quantitative estimate of drug-likeness (QED) is 0.120. The molecule has 10 heteroatoms. The van der Waals surface area contributed by atoms with Gasteiger partial charge in [0.15, 0.2) is 16.6 Å². The molecule has 1 aromatic rings. The summed E-state index contributed by atoms with van der Waals surface area (Å²) in [5.74, 6) is -2.61. The molecule has 0 spiro atoms. The summed E-state index contributed by atoms with van der Waals surface area (Å²) in [6, 6.07) is 14.4. The number of fused-ring (bicyclic) bond motifs is 5. The van der Waals surface area contributed by atoms with E-state index in [4.69, 9.17) is 18.3 Å². The molecule has 3 fully saturated rings. The number of hydrogen-bond donors (Lipinski definition) is 1. The van der Waals surface area contributed by atoms with Crippen LogP contribution in [0.1, 0.15) is 119 Å². The number of rotatable bonds is 13. The van der Waals surface area contributed by atoms with Crippen molar-refractivity contribution in [1.29, 1.82) is 0 Å². The number of ketones is 1. The van der Waals surface area contributed by atoms with Crippen LogP contribution >= 0.6 is 0 Å². The minimum absolute atomic E-state index is 0.00791. The van der Waals surface area contributed by atoms with Crippen molar-refractivity contribution in [3.8, 4) is 0 Å². The first-order valence-electron chi connectivity index (χ1n) is 20.6. The summed E-state index contributed by atoms with van der Waals surface area (Å²) in [6.07, 6.45) is -0.138. The number of esters is 2. The summed E-state index contributed by atoms with van der Waals surface area (Å²) in [5, 5.41) is 13.9. The Morgan fingerprint density at radius 3 is 1.92 bits per heavy atom. The molecule has 3 saturated carbocycles. The van der Waals surface area contributed by atoms with Crippen LogP contribution in [0.4, 0.5) is 0 Å². The van der Waals surface area contributed by atoms with E-state index >= 15 is 4.79 Å². The molecule has 9 atom stereocenters. The fraction of sp³-hybridized carbons (Fsp3) is 0.744. The first kappa shape index (κ1) is 42.0. The van der Waals surface area contributed by atoms with E-state index in [-0.39, 0.29) is 18.1 Å². The van der Waals surface area contributed by atoms with E-state index in [1.54, 1.807) is 24.3 Å². The zero-order chi connectivity index (χ0) is 39.4. The SMILES string of the molecule is CC[Si](CC)(CC)O[C@H]1C[C@@]2(O)[C@@H](OC(=O)c3ccccc3)[C@@H]3[C@]4(OC(C)=O)CC[C@@H]4C[C@H](O[Si](CC)(CC)CC)[C@@]3(C)C(=O)[C@H](C)C(=C1C)C2(C)C. The molecule has 0 heterocycles. The number of benzene rings is 1.